The van der Waals surface area contributed by atoms with Crippen LogP contribution in [0.1, 0.15) is 37.0 Å². The van der Waals surface area contributed by atoms with Gasteiger partial charge in [0.2, 0.25) is 11.8 Å². The van der Waals surface area contributed by atoms with Gasteiger partial charge in [-0.15, -0.1) is 0 Å². The maximum atomic E-state index is 13.4. The zero-order chi connectivity index (χ0) is 24.2. The van der Waals surface area contributed by atoms with Crippen LogP contribution in [0.15, 0.2) is 71.7 Å². The van der Waals surface area contributed by atoms with E-state index in [1.807, 2.05) is 56.3 Å². The van der Waals surface area contributed by atoms with Crippen molar-refractivity contribution in [2.75, 3.05) is 5.32 Å². The lowest BCUT2D eigenvalue weighted by Crippen LogP contribution is -2.50. The quantitative estimate of drug-likeness (QED) is 0.568. The van der Waals surface area contributed by atoms with Gasteiger partial charge < -0.3 is 14.8 Å². The standard InChI is InChI=1S/C27H28ClN3O3/c1-18(2)13-26(33)31-16-20-8-4-3-7-19(20)14-24(31)27(34)29-22-11-12-25(32)30(17-22)15-21-9-5-6-10-23(21)28/h3-12,17-18,24H,13-16H2,1-2H3,(H,29,34). The minimum Gasteiger partial charge on any atom is -0.326 e. The van der Waals surface area contributed by atoms with Gasteiger partial charge in [0, 0.05) is 36.7 Å². The highest BCUT2D eigenvalue weighted by atomic mass is 35.5. The number of hydrogen-bond donors (Lipinski definition) is 1. The average molecular weight is 478 g/mol. The molecule has 1 unspecified atom stereocenters. The van der Waals surface area contributed by atoms with Crippen LogP contribution in [0, 0.1) is 5.92 Å². The van der Waals surface area contributed by atoms with Crippen molar-refractivity contribution in [3.63, 3.8) is 0 Å². The summed E-state index contributed by atoms with van der Waals surface area (Å²) in [6, 6.07) is 17.6. The number of amides is 2. The van der Waals surface area contributed by atoms with Crippen LogP contribution in [0.2, 0.25) is 5.02 Å². The lowest BCUT2D eigenvalue weighted by Gasteiger charge is -2.36. The van der Waals surface area contributed by atoms with Crippen LogP contribution in [0.5, 0.6) is 0 Å². The van der Waals surface area contributed by atoms with E-state index in [9.17, 15) is 14.4 Å². The highest BCUT2D eigenvalue weighted by molar-refractivity contribution is 6.31. The van der Waals surface area contributed by atoms with Gasteiger partial charge in [0.15, 0.2) is 0 Å². The molecule has 0 spiro atoms. The van der Waals surface area contributed by atoms with Crippen LogP contribution >= 0.6 is 11.6 Å². The largest absolute Gasteiger partial charge is 0.326 e. The molecule has 0 radical (unpaired) electrons. The summed E-state index contributed by atoms with van der Waals surface area (Å²) in [4.78, 5) is 40.5. The van der Waals surface area contributed by atoms with Crippen LogP contribution in [0.25, 0.3) is 0 Å². The topological polar surface area (TPSA) is 71.4 Å². The summed E-state index contributed by atoms with van der Waals surface area (Å²) in [7, 11) is 0. The molecule has 1 atom stereocenters. The maximum absolute atomic E-state index is 13.4. The van der Waals surface area contributed by atoms with E-state index in [2.05, 4.69) is 5.32 Å². The molecule has 2 aromatic carbocycles. The molecule has 4 rings (SSSR count). The first-order chi connectivity index (χ1) is 16.3. The Bertz CT molecular complexity index is 1270. The number of nitrogens with zero attached hydrogens (tertiary/aromatic N) is 2. The van der Waals surface area contributed by atoms with Gasteiger partial charge in [0.05, 0.1) is 12.2 Å². The summed E-state index contributed by atoms with van der Waals surface area (Å²) in [5, 5.41) is 3.50. The lowest BCUT2D eigenvalue weighted by molar-refractivity contribution is -0.140. The Morgan fingerprint density at radius 2 is 1.74 bits per heavy atom. The van der Waals surface area contributed by atoms with Crippen LogP contribution in [-0.4, -0.2) is 27.3 Å². The molecular weight excluding hydrogens is 450 g/mol. The second-order valence-corrected chi connectivity index (χ2v) is 9.48. The number of carbonyl (C=O) groups excluding carboxylic acids is 2. The summed E-state index contributed by atoms with van der Waals surface area (Å²) in [5.41, 5.74) is 3.24. The van der Waals surface area contributed by atoms with Gasteiger partial charge in [-0.05, 0) is 34.7 Å². The first-order valence-electron chi connectivity index (χ1n) is 11.4. The number of nitrogens with one attached hydrogen (secondary N) is 1. The Kier molecular flexibility index (Phi) is 7.17. The first kappa shape index (κ1) is 23.8. The van der Waals surface area contributed by atoms with Crippen LogP contribution in [-0.2, 0) is 29.1 Å². The predicted molar refractivity (Wildman–Crippen MR) is 134 cm³/mol. The van der Waals surface area contributed by atoms with Gasteiger partial charge in [-0.1, -0.05) is 67.9 Å². The molecule has 6 nitrogen and oxygen atoms in total. The number of fused-ring (bicyclic) bond motifs is 1. The van der Waals surface area contributed by atoms with E-state index in [0.29, 0.717) is 30.1 Å². The van der Waals surface area contributed by atoms with Crippen molar-refractivity contribution < 1.29 is 9.59 Å². The highest BCUT2D eigenvalue weighted by Gasteiger charge is 2.34. The Balaban J connectivity index is 1.57. The van der Waals surface area contributed by atoms with Crippen LogP contribution in [0.3, 0.4) is 0 Å². The third-order valence-electron chi connectivity index (χ3n) is 6.00. The SMILES string of the molecule is CC(C)CC(=O)N1Cc2ccccc2CC1C(=O)Nc1ccc(=O)n(Cc2ccccc2Cl)c1. The van der Waals surface area contributed by atoms with Gasteiger partial charge >= 0.3 is 0 Å². The molecule has 0 bridgehead atoms. The zero-order valence-corrected chi connectivity index (χ0v) is 20.1. The maximum Gasteiger partial charge on any atom is 0.250 e. The Hall–Kier alpha value is -3.38. The third-order valence-corrected chi connectivity index (χ3v) is 6.37. The second-order valence-electron chi connectivity index (χ2n) is 9.07. The van der Waals surface area contributed by atoms with E-state index >= 15 is 0 Å². The fraction of sp³-hybridized carbons (Fsp3) is 0.296. The van der Waals surface area contributed by atoms with Crippen molar-refractivity contribution in [2.24, 2.45) is 5.92 Å². The van der Waals surface area contributed by atoms with Crippen LogP contribution in [0.4, 0.5) is 5.69 Å². The smallest absolute Gasteiger partial charge is 0.250 e. The highest BCUT2D eigenvalue weighted by Crippen LogP contribution is 2.26. The molecule has 1 aliphatic heterocycles. The Labute approximate surface area is 204 Å². The normalized spacial score (nSPS) is 15.2. The van der Waals surface area contributed by atoms with Gasteiger partial charge in [0.1, 0.15) is 6.04 Å². The second kappa shape index (κ2) is 10.3. The molecule has 3 aromatic rings. The minimum atomic E-state index is -0.620. The summed E-state index contributed by atoms with van der Waals surface area (Å²) in [6.07, 6.45) is 2.44. The molecule has 1 aromatic heterocycles. The third kappa shape index (κ3) is 5.39. The number of rotatable bonds is 6. The molecule has 7 heteroatoms. The number of pyridine rings is 1. The molecular formula is C27H28ClN3O3. The average Bonchev–Trinajstić information content (AvgIpc) is 2.81. The molecule has 2 amide bonds. The number of benzene rings is 2. The minimum absolute atomic E-state index is 0.0339. The van der Waals surface area contributed by atoms with E-state index < -0.39 is 6.04 Å². The molecule has 1 aliphatic rings. The molecule has 0 saturated carbocycles. The van der Waals surface area contributed by atoms with Gasteiger partial charge in [-0.3, -0.25) is 14.4 Å². The van der Waals surface area contributed by atoms with Crippen molar-refractivity contribution in [1.82, 2.24) is 9.47 Å². The molecule has 0 aliphatic carbocycles. The summed E-state index contributed by atoms with van der Waals surface area (Å²) in [5.74, 6) is -0.107. The summed E-state index contributed by atoms with van der Waals surface area (Å²) < 4.78 is 1.51. The van der Waals surface area contributed by atoms with E-state index in [0.717, 1.165) is 16.7 Å². The Morgan fingerprint density at radius 3 is 2.47 bits per heavy atom. The van der Waals surface area contributed by atoms with Crippen molar-refractivity contribution >= 4 is 29.1 Å². The van der Waals surface area contributed by atoms with Crippen molar-refractivity contribution in [3.8, 4) is 0 Å². The molecule has 1 N–H and O–H groups in total. The molecule has 0 fully saturated rings. The van der Waals surface area contributed by atoms with Crippen LogP contribution < -0.4 is 10.9 Å². The van der Waals surface area contributed by atoms with E-state index in [-0.39, 0.29) is 29.8 Å². The number of halogens is 1. The first-order valence-corrected chi connectivity index (χ1v) is 11.8. The van der Waals surface area contributed by atoms with Gasteiger partial charge in [-0.2, -0.15) is 0 Å². The number of anilines is 1. The summed E-state index contributed by atoms with van der Waals surface area (Å²) in [6.45, 7) is 4.68. The molecule has 34 heavy (non-hydrogen) atoms. The van der Waals surface area contributed by atoms with E-state index in [1.54, 1.807) is 23.2 Å². The molecule has 176 valence electrons. The fourth-order valence-corrected chi connectivity index (χ4v) is 4.45. The predicted octanol–water partition coefficient (Wildman–Crippen LogP) is 4.49. The van der Waals surface area contributed by atoms with Crippen molar-refractivity contribution in [3.05, 3.63) is 98.9 Å². The van der Waals surface area contributed by atoms with Crippen molar-refractivity contribution in [1.29, 1.82) is 0 Å². The summed E-state index contributed by atoms with van der Waals surface area (Å²) >= 11 is 6.25. The monoisotopic (exact) mass is 477 g/mol. The van der Waals surface area contributed by atoms with Gasteiger partial charge in [0.25, 0.3) is 5.56 Å². The van der Waals surface area contributed by atoms with E-state index in [4.69, 9.17) is 11.6 Å². The number of carbonyl (C=O) groups is 2. The molecule has 0 saturated heterocycles. The van der Waals surface area contributed by atoms with Crippen molar-refractivity contribution in [2.45, 2.75) is 45.8 Å². The number of aromatic nitrogens is 1. The van der Waals surface area contributed by atoms with E-state index in [1.165, 1.54) is 10.6 Å². The van der Waals surface area contributed by atoms with Gasteiger partial charge in [-0.25, -0.2) is 0 Å². The Morgan fingerprint density at radius 1 is 1.03 bits per heavy atom. The molecule has 2 heterocycles. The zero-order valence-electron chi connectivity index (χ0n) is 19.3. The number of hydrogen-bond acceptors (Lipinski definition) is 3. The fourth-order valence-electron chi connectivity index (χ4n) is 4.25. The lowest BCUT2D eigenvalue weighted by atomic mass is 9.92.